The number of carbonyl (C=O) groups excluding carboxylic acids is 3. The number of benzene rings is 4. The molecular weight excluding hydrogens is 552 g/mol. The van der Waals surface area contributed by atoms with Gasteiger partial charge in [0, 0.05) is 29.4 Å². The first-order valence-electron chi connectivity index (χ1n) is 14.6. The van der Waals surface area contributed by atoms with Crippen LogP contribution in [-0.4, -0.2) is 37.9 Å². The van der Waals surface area contributed by atoms with Crippen LogP contribution in [0.25, 0.3) is 12.2 Å². The number of ether oxygens (including phenoxy) is 3. The van der Waals surface area contributed by atoms with Gasteiger partial charge in [0.05, 0.1) is 20.1 Å². The van der Waals surface area contributed by atoms with Crippen molar-refractivity contribution in [1.29, 1.82) is 0 Å². The zero-order valence-corrected chi connectivity index (χ0v) is 24.5. The van der Waals surface area contributed by atoms with E-state index < -0.39 is 12.0 Å². The van der Waals surface area contributed by atoms with E-state index in [4.69, 9.17) is 14.2 Å². The van der Waals surface area contributed by atoms with Crippen LogP contribution in [0.3, 0.4) is 0 Å². The highest BCUT2D eigenvalue weighted by Gasteiger charge is 2.54. The molecule has 0 radical (unpaired) electrons. The van der Waals surface area contributed by atoms with E-state index in [9.17, 15) is 14.4 Å². The standard InChI is InChI=1S/C38H32O6/c1-42-28-16-13-24(27(21-28)14-19-33(39)25-9-5-3-6-10-25)15-20-35-36-30-18-17-29(43-2)22-31(30)32(37(36)38(41)44-35)23-34(40)26-11-7-4-8-12-26/h3-22,32,35-37H,23H2,1-2H3/b19-14+,20-15+/t32-,35+,36-,37-/m0/s1. The highest BCUT2D eigenvalue weighted by molar-refractivity contribution is 6.07. The maximum atomic E-state index is 13.4. The third-order valence-corrected chi connectivity index (χ3v) is 8.48. The molecule has 220 valence electrons. The minimum atomic E-state index is -0.527. The number of allylic oxidation sites excluding steroid dienone is 1. The number of hydrogen-bond donors (Lipinski definition) is 0. The third kappa shape index (κ3) is 5.71. The smallest absolute Gasteiger partial charge is 0.310 e. The second kappa shape index (κ2) is 12.6. The van der Waals surface area contributed by atoms with Crippen molar-refractivity contribution in [3.63, 3.8) is 0 Å². The Labute approximate surface area is 256 Å². The van der Waals surface area contributed by atoms with Crippen molar-refractivity contribution in [3.05, 3.63) is 143 Å². The number of hydrogen-bond acceptors (Lipinski definition) is 6. The van der Waals surface area contributed by atoms with E-state index in [1.165, 1.54) is 0 Å². The van der Waals surface area contributed by atoms with Crippen LogP contribution in [0, 0.1) is 5.92 Å². The maximum absolute atomic E-state index is 13.4. The maximum Gasteiger partial charge on any atom is 0.310 e. The van der Waals surface area contributed by atoms with Crippen LogP contribution in [0.1, 0.15) is 61.2 Å². The summed E-state index contributed by atoms with van der Waals surface area (Å²) in [6, 6.07) is 29.7. The monoisotopic (exact) mass is 584 g/mol. The van der Waals surface area contributed by atoms with Crippen LogP contribution in [0.15, 0.2) is 109 Å². The Morgan fingerprint density at radius 1 is 0.727 bits per heavy atom. The summed E-state index contributed by atoms with van der Waals surface area (Å²) < 4.78 is 16.9. The zero-order valence-electron chi connectivity index (χ0n) is 24.5. The quantitative estimate of drug-likeness (QED) is 0.111. The second-order valence-electron chi connectivity index (χ2n) is 11.0. The van der Waals surface area contributed by atoms with Crippen molar-refractivity contribution >= 4 is 29.7 Å². The lowest BCUT2D eigenvalue weighted by atomic mass is 9.82. The number of carbonyl (C=O) groups is 3. The molecule has 1 aliphatic carbocycles. The van der Waals surface area contributed by atoms with E-state index in [1.54, 1.807) is 50.6 Å². The third-order valence-electron chi connectivity index (χ3n) is 8.48. The molecule has 1 heterocycles. The minimum absolute atomic E-state index is 0.0171. The van der Waals surface area contributed by atoms with Gasteiger partial charge in [0.15, 0.2) is 11.6 Å². The molecule has 44 heavy (non-hydrogen) atoms. The molecule has 6 rings (SSSR count). The highest BCUT2D eigenvalue weighted by Crippen LogP contribution is 2.55. The molecule has 0 bridgehead atoms. The Kier molecular flexibility index (Phi) is 8.24. The molecule has 0 N–H and O–H groups in total. The lowest BCUT2D eigenvalue weighted by molar-refractivity contribution is -0.143. The first-order valence-corrected chi connectivity index (χ1v) is 14.6. The molecule has 4 aromatic rings. The first-order chi connectivity index (χ1) is 21.5. The Morgan fingerprint density at radius 3 is 2.09 bits per heavy atom. The Balaban J connectivity index is 1.30. The summed E-state index contributed by atoms with van der Waals surface area (Å²) >= 11 is 0. The van der Waals surface area contributed by atoms with Gasteiger partial charge in [-0.05, 0) is 58.7 Å². The van der Waals surface area contributed by atoms with Gasteiger partial charge in [-0.3, -0.25) is 14.4 Å². The fourth-order valence-electron chi connectivity index (χ4n) is 6.30. The molecular formula is C38H32O6. The van der Waals surface area contributed by atoms with Crippen molar-refractivity contribution in [3.8, 4) is 11.5 Å². The number of ketones is 2. The molecule has 0 spiro atoms. The molecule has 1 aliphatic heterocycles. The van der Waals surface area contributed by atoms with Crippen molar-refractivity contribution in [2.45, 2.75) is 24.4 Å². The van der Waals surface area contributed by atoms with E-state index in [1.807, 2.05) is 84.9 Å². The summed E-state index contributed by atoms with van der Waals surface area (Å²) in [5.41, 5.74) is 4.79. The van der Waals surface area contributed by atoms with Crippen LogP contribution in [0.5, 0.6) is 11.5 Å². The van der Waals surface area contributed by atoms with Gasteiger partial charge in [-0.15, -0.1) is 0 Å². The second-order valence-corrected chi connectivity index (χ2v) is 11.0. The summed E-state index contributed by atoms with van der Waals surface area (Å²) in [5, 5.41) is 0. The minimum Gasteiger partial charge on any atom is -0.497 e. The van der Waals surface area contributed by atoms with Crippen LogP contribution in [0.4, 0.5) is 0 Å². The molecule has 1 fully saturated rings. The van der Waals surface area contributed by atoms with Gasteiger partial charge in [0.25, 0.3) is 0 Å². The number of cyclic esters (lactones) is 1. The number of rotatable bonds is 10. The Bertz CT molecular complexity index is 1760. The predicted octanol–water partition coefficient (Wildman–Crippen LogP) is 7.31. The number of Topliss-reactive ketones (excluding diaryl/α,β-unsaturated/α-hetero) is 1. The molecule has 0 aromatic heterocycles. The van der Waals surface area contributed by atoms with E-state index in [0.29, 0.717) is 22.6 Å². The summed E-state index contributed by atoms with van der Waals surface area (Å²) in [6.07, 6.45) is 6.79. The molecule has 1 saturated heterocycles. The van der Waals surface area contributed by atoms with Crippen LogP contribution in [-0.2, 0) is 9.53 Å². The van der Waals surface area contributed by atoms with Crippen LogP contribution < -0.4 is 9.47 Å². The molecule has 0 saturated carbocycles. The van der Waals surface area contributed by atoms with Crippen molar-refractivity contribution in [2.75, 3.05) is 14.2 Å². The highest BCUT2D eigenvalue weighted by atomic mass is 16.6. The summed E-state index contributed by atoms with van der Waals surface area (Å²) in [5.74, 6) is -0.155. The van der Waals surface area contributed by atoms with E-state index in [-0.39, 0.29) is 35.8 Å². The molecule has 4 atom stereocenters. The topological polar surface area (TPSA) is 78.9 Å². The molecule has 4 aromatic carbocycles. The van der Waals surface area contributed by atoms with Crippen molar-refractivity contribution in [1.82, 2.24) is 0 Å². The number of methoxy groups -OCH3 is 2. The van der Waals surface area contributed by atoms with Gasteiger partial charge >= 0.3 is 5.97 Å². The molecule has 0 unspecified atom stereocenters. The van der Waals surface area contributed by atoms with Crippen LogP contribution >= 0.6 is 0 Å². The van der Waals surface area contributed by atoms with Gasteiger partial charge < -0.3 is 14.2 Å². The average molecular weight is 585 g/mol. The molecule has 2 aliphatic rings. The average Bonchev–Trinajstić information content (AvgIpc) is 3.57. The number of esters is 1. The fourth-order valence-corrected chi connectivity index (χ4v) is 6.30. The van der Waals surface area contributed by atoms with E-state index >= 15 is 0 Å². The summed E-state index contributed by atoms with van der Waals surface area (Å²) in [7, 11) is 3.20. The van der Waals surface area contributed by atoms with Gasteiger partial charge in [-0.25, -0.2) is 0 Å². The molecule has 6 heteroatoms. The number of fused-ring (bicyclic) bond motifs is 3. The largest absolute Gasteiger partial charge is 0.497 e. The summed E-state index contributed by atoms with van der Waals surface area (Å²) in [4.78, 5) is 39.5. The van der Waals surface area contributed by atoms with E-state index in [0.717, 1.165) is 22.3 Å². The van der Waals surface area contributed by atoms with Crippen molar-refractivity contribution in [2.24, 2.45) is 5.92 Å². The molecule has 6 nitrogen and oxygen atoms in total. The SMILES string of the molecule is COc1ccc(/C=C/[C@H]2OC(=O)[C@@H]3[C@H]2c2ccc(OC)cc2[C@@H]3CC(=O)c2ccccc2)c(/C=C/C(=O)c2ccccc2)c1. The normalized spacial score (nSPS) is 20.4. The van der Waals surface area contributed by atoms with Gasteiger partial charge in [-0.1, -0.05) is 84.9 Å². The lowest BCUT2D eigenvalue weighted by Crippen LogP contribution is -2.19. The van der Waals surface area contributed by atoms with Crippen molar-refractivity contribution < 1.29 is 28.6 Å². The first kappa shape index (κ1) is 28.9. The summed E-state index contributed by atoms with van der Waals surface area (Å²) in [6.45, 7) is 0. The zero-order chi connectivity index (χ0) is 30.6. The molecule has 0 amide bonds. The fraction of sp³-hybridized carbons (Fsp3) is 0.184. The van der Waals surface area contributed by atoms with Gasteiger partial charge in [0.1, 0.15) is 17.6 Å². The Morgan fingerprint density at radius 2 is 1.39 bits per heavy atom. The van der Waals surface area contributed by atoms with Crippen LogP contribution in [0.2, 0.25) is 0 Å². The van der Waals surface area contributed by atoms with E-state index in [2.05, 4.69) is 0 Å². The predicted molar refractivity (Wildman–Crippen MR) is 169 cm³/mol. The lowest BCUT2D eigenvalue weighted by Gasteiger charge is -2.16. The van der Waals surface area contributed by atoms with Gasteiger partial charge in [-0.2, -0.15) is 0 Å². The van der Waals surface area contributed by atoms with Gasteiger partial charge in [0.2, 0.25) is 0 Å². The Hall–Kier alpha value is -5.23.